The number of rotatable bonds is 6. The molecule has 0 atom stereocenters. The van der Waals surface area contributed by atoms with E-state index in [0.717, 1.165) is 34.6 Å². The zero-order valence-corrected chi connectivity index (χ0v) is 11.3. The summed E-state index contributed by atoms with van der Waals surface area (Å²) in [5.74, 6) is 4.65. The van der Waals surface area contributed by atoms with Crippen LogP contribution < -0.4 is 5.32 Å². The second-order valence-electron chi connectivity index (χ2n) is 3.22. The van der Waals surface area contributed by atoms with Gasteiger partial charge in [-0.3, -0.25) is 0 Å². The Morgan fingerprint density at radius 3 is 3.00 bits per heavy atom. The van der Waals surface area contributed by atoms with Crippen LogP contribution in [0.15, 0.2) is 22.7 Å². The van der Waals surface area contributed by atoms with Crippen LogP contribution in [0.25, 0.3) is 0 Å². The number of halogens is 1. The number of benzene rings is 1. The molecule has 0 aliphatic carbocycles. The molecule has 0 spiro atoms. The fourth-order valence-corrected chi connectivity index (χ4v) is 2.15. The minimum absolute atomic E-state index is 0.272. The number of thioether (sulfide) groups is 1. The lowest BCUT2D eigenvalue weighted by Crippen LogP contribution is -2.16. The number of hydrogen-bond donors (Lipinski definition) is 2. The Hall–Kier alpha value is -0.630. The maximum Gasteiger partial charge on any atom is 0.129 e. The van der Waals surface area contributed by atoms with E-state index in [2.05, 4.69) is 27.2 Å². The third-order valence-corrected chi connectivity index (χ3v) is 3.45. The van der Waals surface area contributed by atoms with Gasteiger partial charge in [0.25, 0.3) is 0 Å². The molecular weight excluding hydrogens is 286 g/mol. The summed E-state index contributed by atoms with van der Waals surface area (Å²) in [5, 5.41) is 12.6. The summed E-state index contributed by atoms with van der Waals surface area (Å²) < 4.78 is 0.730. The minimum atomic E-state index is 0.272. The molecular formula is C12H14BrNOS. The highest BCUT2D eigenvalue weighted by atomic mass is 79.9. The zero-order chi connectivity index (χ0) is 11.8. The number of phenolic OH excluding ortho intramolecular Hbond substituents is 1. The molecule has 0 bridgehead atoms. The molecule has 0 aliphatic heterocycles. The molecule has 86 valence electrons. The van der Waals surface area contributed by atoms with Crippen molar-refractivity contribution in [1.82, 2.24) is 5.32 Å². The van der Waals surface area contributed by atoms with Crippen molar-refractivity contribution in [3.05, 3.63) is 28.2 Å². The molecule has 0 fully saturated rings. The molecule has 16 heavy (non-hydrogen) atoms. The Bertz CT molecular complexity index is 376. The van der Waals surface area contributed by atoms with Gasteiger partial charge in [0.15, 0.2) is 0 Å². The quantitative estimate of drug-likeness (QED) is 0.626. The highest BCUT2D eigenvalue weighted by Gasteiger charge is 1.98. The molecule has 0 heterocycles. The predicted molar refractivity (Wildman–Crippen MR) is 73.7 cm³/mol. The summed E-state index contributed by atoms with van der Waals surface area (Å²) in [4.78, 5) is 0. The van der Waals surface area contributed by atoms with Gasteiger partial charge >= 0.3 is 0 Å². The molecule has 4 heteroatoms. The topological polar surface area (TPSA) is 32.3 Å². The van der Waals surface area contributed by atoms with E-state index >= 15 is 0 Å². The van der Waals surface area contributed by atoms with Crippen molar-refractivity contribution in [1.29, 1.82) is 0 Å². The fourth-order valence-electron chi connectivity index (χ4n) is 1.17. The van der Waals surface area contributed by atoms with Gasteiger partial charge in [-0.1, -0.05) is 12.0 Å². The maximum atomic E-state index is 9.32. The molecule has 1 aromatic carbocycles. The molecule has 0 saturated heterocycles. The van der Waals surface area contributed by atoms with E-state index in [1.807, 2.05) is 12.1 Å². The van der Waals surface area contributed by atoms with Gasteiger partial charge in [0, 0.05) is 18.8 Å². The highest BCUT2D eigenvalue weighted by Crippen LogP contribution is 2.24. The molecule has 0 unspecified atom stereocenters. The molecule has 1 rings (SSSR count). The van der Waals surface area contributed by atoms with Crippen LogP contribution in [-0.4, -0.2) is 23.2 Å². The lowest BCUT2D eigenvalue weighted by molar-refractivity contribution is 0.471. The average molecular weight is 300 g/mol. The number of hydrogen-bond acceptors (Lipinski definition) is 3. The first-order chi connectivity index (χ1) is 7.74. The molecule has 0 amide bonds. The van der Waals surface area contributed by atoms with Gasteiger partial charge in [-0.05, 0) is 33.6 Å². The standard InChI is InChI=1S/C12H14BrNOS/c1-2-6-16-7-5-14-9-10-3-4-12(15)11(13)8-10/h1,3-4,8,14-15H,5-7,9H2. The first-order valence-electron chi connectivity index (χ1n) is 4.93. The van der Waals surface area contributed by atoms with E-state index in [0.29, 0.717) is 0 Å². The van der Waals surface area contributed by atoms with Crippen LogP contribution >= 0.6 is 27.7 Å². The lowest BCUT2D eigenvalue weighted by atomic mass is 10.2. The zero-order valence-electron chi connectivity index (χ0n) is 8.87. The molecule has 0 saturated carbocycles. The van der Waals surface area contributed by atoms with Crippen LogP contribution in [-0.2, 0) is 6.54 Å². The van der Waals surface area contributed by atoms with Gasteiger partial charge < -0.3 is 10.4 Å². The normalized spacial score (nSPS) is 10.0. The van der Waals surface area contributed by atoms with E-state index in [1.54, 1.807) is 17.8 Å². The van der Waals surface area contributed by atoms with Crippen molar-refractivity contribution < 1.29 is 5.11 Å². The lowest BCUT2D eigenvalue weighted by Gasteiger charge is -2.05. The second-order valence-corrected chi connectivity index (χ2v) is 5.18. The molecule has 0 radical (unpaired) electrons. The summed E-state index contributed by atoms with van der Waals surface area (Å²) in [5.41, 5.74) is 1.15. The molecule has 1 aromatic rings. The fraction of sp³-hybridized carbons (Fsp3) is 0.333. The number of terminal acetylenes is 1. The predicted octanol–water partition coefficient (Wildman–Crippen LogP) is 2.61. The van der Waals surface area contributed by atoms with Crippen molar-refractivity contribution in [2.24, 2.45) is 0 Å². The number of nitrogens with one attached hydrogen (secondary N) is 1. The van der Waals surface area contributed by atoms with Gasteiger partial charge in [-0.15, -0.1) is 18.2 Å². The summed E-state index contributed by atoms with van der Waals surface area (Å²) in [7, 11) is 0. The molecule has 0 aromatic heterocycles. The summed E-state index contributed by atoms with van der Waals surface area (Å²) >= 11 is 5.03. The highest BCUT2D eigenvalue weighted by molar-refractivity contribution is 9.10. The maximum absolute atomic E-state index is 9.32. The minimum Gasteiger partial charge on any atom is -0.507 e. The van der Waals surface area contributed by atoms with Gasteiger partial charge in [0.05, 0.1) is 10.2 Å². The van der Waals surface area contributed by atoms with Gasteiger partial charge in [0.2, 0.25) is 0 Å². The van der Waals surface area contributed by atoms with Crippen molar-refractivity contribution in [2.75, 3.05) is 18.1 Å². The molecule has 2 N–H and O–H groups in total. The van der Waals surface area contributed by atoms with Crippen molar-refractivity contribution in [2.45, 2.75) is 6.54 Å². The first kappa shape index (κ1) is 13.4. The smallest absolute Gasteiger partial charge is 0.129 e. The monoisotopic (exact) mass is 299 g/mol. The third-order valence-electron chi connectivity index (χ3n) is 1.95. The van der Waals surface area contributed by atoms with E-state index in [-0.39, 0.29) is 5.75 Å². The summed E-state index contributed by atoms with van der Waals surface area (Å²) in [6.45, 7) is 1.74. The molecule has 0 aliphatic rings. The number of aromatic hydroxyl groups is 1. The SMILES string of the molecule is C#CCSCCNCc1ccc(O)c(Br)c1. The van der Waals surface area contributed by atoms with Crippen molar-refractivity contribution in [3.63, 3.8) is 0 Å². The van der Waals surface area contributed by atoms with Crippen LogP contribution in [0.3, 0.4) is 0 Å². The van der Waals surface area contributed by atoms with Crippen LogP contribution in [0.2, 0.25) is 0 Å². The van der Waals surface area contributed by atoms with Gasteiger partial charge in [-0.2, -0.15) is 0 Å². The largest absolute Gasteiger partial charge is 0.507 e. The van der Waals surface area contributed by atoms with Gasteiger partial charge in [-0.25, -0.2) is 0 Å². The Balaban J connectivity index is 2.22. The Kier molecular flexibility index (Phi) is 6.39. The van der Waals surface area contributed by atoms with Crippen molar-refractivity contribution >= 4 is 27.7 Å². The Morgan fingerprint density at radius 2 is 2.31 bits per heavy atom. The Labute approximate surface area is 109 Å². The van der Waals surface area contributed by atoms with E-state index in [4.69, 9.17) is 6.42 Å². The van der Waals surface area contributed by atoms with Crippen LogP contribution in [0, 0.1) is 12.3 Å². The van der Waals surface area contributed by atoms with Crippen molar-refractivity contribution in [3.8, 4) is 18.1 Å². The van der Waals surface area contributed by atoms with E-state index in [1.165, 1.54) is 0 Å². The van der Waals surface area contributed by atoms with Crippen LogP contribution in [0.5, 0.6) is 5.75 Å². The summed E-state index contributed by atoms with van der Waals surface area (Å²) in [6, 6.07) is 5.51. The van der Waals surface area contributed by atoms with Crippen LogP contribution in [0.1, 0.15) is 5.56 Å². The Morgan fingerprint density at radius 1 is 1.50 bits per heavy atom. The van der Waals surface area contributed by atoms with Crippen LogP contribution in [0.4, 0.5) is 0 Å². The number of phenols is 1. The third kappa shape index (κ3) is 4.93. The molecule has 2 nitrogen and oxygen atoms in total. The van der Waals surface area contributed by atoms with Gasteiger partial charge in [0.1, 0.15) is 5.75 Å². The van der Waals surface area contributed by atoms with E-state index < -0.39 is 0 Å². The van der Waals surface area contributed by atoms with E-state index in [9.17, 15) is 5.11 Å². The summed E-state index contributed by atoms with van der Waals surface area (Å²) in [6.07, 6.45) is 5.14. The second kappa shape index (κ2) is 7.61. The average Bonchev–Trinajstić information content (AvgIpc) is 2.28. The first-order valence-corrected chi connectivity index (χ1v) is 6.88.